The van der Waals surface area contributed by atoms with Crippen LogP contribution in [0.25, 0.3) is 5.57 Å². The van der Waals surface area contributed by atoms with Gasteiger partial charge in [-0.05, 0) is 57.0 Å². The number of carbonyl (C=O) groups is 2. The lowest BCUT2D eigenvalue weighted by Gasteiger charge is -2.15. The minimum atomic E-state index is -0.325. The summed E-state index contributed by atoms with van der Waals surface area (Å²) in [6.07, 6.45) is 0.639. The van der Waals surface area contributed by atoms with Gasteiger partial charge in [-0.2, -0.15) is 0 Å². The molecular formula is C24H28N2O4. The highest BCUT2D eigenvalue weighted by atomic mass is 16.5. The molecule has 1 heterocycles. The zero-order chi connectivity index (χ0) is 21.7. The van der Waals surface area contributed by atoms with Gasteiger partial charge in [0.25, 0.3) is 11.8 Å². The molecule has 0 aliphatic carbocycles. The van der Waals surface area contributed by atoms with Crippen LogP contribution in [0.4, 0.5) is 5.69 Å². The summed E-state index contributed by atoms with van der Waals surface area (Å²) in [4.78, 5) is 27.5. The van der Waals surface area contributed by atoms with Crippen molar-refractivity contribution in [3.8, 4) is 5.75 Å². The molecule has 3 rings (SSSR count). The first-order chi connectivity index (χ1) is 14.4. The fourth-order valence-corrected chi connectivity index (χ4v) is 3.28. The van der Waals surface area contributed by atoms with Crippen LogP contribution >= 0.6 is 0 Å². The van der Waals surface area contributed by atoms with Crippen LogP contribution in [-0.4, -0.2) is 43.1 Å². The molecule has 0 spiro atoms. The van der Waals surface area contributed by atoms with Gasteiger partial charge in [-0.25, -0.2) is 0 Å². The molecule has 0 radical (unpaired) electrons. The average molecular weight is 408 g/mol. The van der Waals surface area contributed by atoms with Gasteiger partial charge >= 0.3 is 0 Å². The number of nitrogens with zero attached hydrogens (tertiary/aromatic N) is 1. The van der Waals surface area contributed by atoms with Gasteiger partial charge in [0.15, 0.2) is 0 Å². The Bertz CT molecular complexity index is 931. The Hall–Kier alpha value is -3.12. The summed E-state index contributed by atoms with van der Waals surface area (Å²) in [6.45, 7) is 6.70. The van der Waals surface area contributed by atoms with Gasteiger partial charge in [-0.15, -0.1) is 0 Å². The molecule has 1 aliphatic heterocycles. The van der Waals surface area contributed by atoms with Crippen molar-refractivity contribution < 1.29 is 19.1 Å². The van der Waals surface area contributed by atoms with Gasteiger partial charge in [0, 0.05) is 25.9 Å². The van der Waals surface area contributed by atoms with Crippen LogP contribution in [0.15, 0.2) is 54.2 Å². The van der Waals surface area contributed by atoms with E-state index in [1.807, 2.05) is 69.3 Å². The van der Waals surface area contributed by atoms with Crippen LogP contribution in [0.2, 0.25) is 0 Å². The van der Waals surface area contributed by atoms with Crippen molar-refractivity contribution in [2.45, 2.75) is 33.3 Å². The third-order valence-electron chi connectivity index (χ3n) is 4.73. The van der Waals surface area contributed by atoms with E-state index in [4.69, 9.17) is 9.47 Å². The van der Waals surface area contributed by atoms with Gasteiger partial charge in [-0.1, -0.05) is 29.8 Å². The predicted molar refractivity (Wildman–Crippen MR) is 117 cm³/mol. The second-order valence-electron chi connectivity index (χ2n) is 7.54. The summed E-state index contributed by atoms with van der Waals surface area (Å²) in [6, 6.07) is 15.0. The number of anilines is 1. The fraction of sp³-hybridized carbons (Fsp3) is 0.333. The molecule has 30 heavy (non-hydrogen) atoms. The Morgan fingerprint density at radius 1 is 0.967 bits per heavy atom. The standard InChI is InChI=1S/C24H28N2O4/c1-16(2)30-20-12-8-18(9-13-20)21-22(25-19-10-6-17(3)7-11-19)24(28)26(23(21)27)14-5-15-29-4/h6-13,16,25H,5,14-15H2,1-4H3. The third-order valence-corrected chi connectivity index (χ3v) is 4.73. The van der Waals surface area contributed by atoms with Crippen LogP contribution in [0.1, 0.15) is 31.4 Å². The number of ether oxygens (including phenoxy) is 2. The average Bonchev–Trinajstić information content (AvgIpc) is 2.94. The summed E-state index contributed by atoms with van der Waals surface area (Å²) in [5.41, 5.74) is 3.21. The molecule has 0 bridgehead atoms. The van der Waals surface area contributed by atoms with Crippen molar-refractivity contribution in [1.82, 2.24) is 4.90 Å². The van der Waals surface area contributed by atoms with Crippen LogP contribution in [0.5, 0.6) is 5.75 Å². The molecule has 6 heteroatoms. The molecule has 1 N–H and O–H groups in total. The monoisotopic (exact) mass is 408 g/mol. The van der Waals surface area contributed by atoms with Crippen LogP contribution in [0.3, 0.4) is 0 Å². The van der Waals surface area contributed by atoms with E-state index in [2.05, 4.69) is 5.32 Å². The largest absolute Gasteiger partial charge is 0.491 e. The SMILES string of the molecule is COCCCN1C(=O)C(Nc2ccc(C)cc2)=C(c2ccc(OC(C)C)cc2)C1=O. The normalized spacial score (nSPS) is 14.1. The zero-order valence-electron chi connectivity index (χ0n) is 17.9. The Kier molecular flexibility index (Phi) is 6.90. The number of methoxy groups -OCH3 is 1. The Balaban J connectivity index is 1.95. The first-order valence-corrected chi connectivity index (χ1v) is 10.1. The molecule has 0 saturated carbocycles. The van der Waals surface area contributed by atoms with Gasteiger partial charge < -0.3 is 14.8 Å². The quantitative estimate of drug-likeness (QED) is 0.502. The lowest BCUT2D eigenvalue weighted by molar-refractivity contribution is -0.136. The molecule has 0 unspecified atom stereocenters. The fourth-order valence-electron chi connectivity index (χ4n) is 3.28. The maximum Gasteiger partial charge on any atom is 0.278 e. The molecule has 0 aromatic heterocycles. The van der Waals surface area contributed by atoms with E-state index in [0.29, 0.717) is 36.4 Å². The van der Waals surface area contributed by atoms with E-state index < -0.39 is 0 Å². The summed E-state index contributed by atoms with van der Waals surface area (Å²) < 4.78 is 10.8. The van der Waals surface area contributed by atoms with E-state index >= 15 is 0 Å². The van der Waals surface area contributed by atoms with Crippen molar-refractivity contribution in [2.75, 3.05) is 25.6 Å². The Labute approximate surface area is 177 Å². The molecule has 158 valence electrons. The Morgan fingerprint density at radius 3 is 2.23 bits per heavy atom. The summed E-state index contributed by atoms with van der Waals surface area (Å²) in [7, 11) is 1.60. The molecule has 1 aliphatic rings. The highest BCUT2D eigenvalue weighted by Crippen LogP contribution is 2.31. The molecule has 6 nitrogen and oxygen atoms in total. The maximum absolute atomic E-state index is 13.2. The summed E-state index contributed by atoms with van der Waals surface area (Å²) in [5.74, 6) is 0.0912. The topological polar surface area (TPSA) is 67.9 Å². The smallest absolute Gasteiger partial charge is 0.278 e. The van der Waals surface area contributed by atoms with E-state index in [0.717, 1.165) is 17.0 Å². The number of hydrogen-bond donors (Lipinski definition) is 1. The van der Waals surface area contributed by atoms with E-state index in [-0.39, 0.29) is 17.9 Å². The Morgan fingerprint density at radius 2 is 1.63 bits per heavy atom. The minimum Gasteiger partial charge on any atom is -0.491 e. The number of amides is 2. The number of nitrogens with one attached hydrogen (secondary N) is 1. The molecule has 0 atom stereocenters. The number of aryl methyl sites for hydroxylation is 1. The van der Waals surface area contributed by atoms with Crippen molar-refractivity contribution in [3.05, 3.63) is 65.4 Å². The first kappa shape index (κ1) is 21.6. The molecule has 0 saturated heterocycles. The van der Waals surface area contributed by atoms with Crippen molar-refractivity contribution in [1.29, 1.82) is 0 Å². The second-order valence-corrected chi connectivity index (χ2v) is 7.54. The van der Waals surface area contributed by atoms with Gasteiger partial charge in [-0.3, -0.25) is 14.5 Å². The minimum absolute atomic E-state index is 0.0554. The van der Waals surface area contributed by atoms with Crippen LogP contribution in [-0.2, 0) is 14.3 Å². The van der Waals surface area contributed by atoms with E-state index in [9.17, 15) is 9.59 Å². The number of carbonyl (C=O) groups excluding carboxylic acids is 2. The predicted octanol–water partition coefficient (Wildman–Crippen LogP) is 4.01. The summed E-state index contributed by atoms with van der Waals surface area (Å²) in [5, 5.41) is 3.17. The van der Waals surface area contributed by atoms with Gasteiger partial charge in [0.05, 0.1) is 11.7 Å². The van der Waals surface area contributed by atoms with Crippen molar-refractivity contribution in [2.24, 2.45) is 0 Å². The second kappa shape index (κ2) is 9.59. The van der Waals surface area contributed by atoms with E-state index in [1.165, 1.54) is 4.90 Å². The zero-order valence-corrected chi connectivity index (χ0v) is 17.9. The number of imide groups is 1. The first-order valence-electron chi connectivity index (χ1n) is 10.1. The molecule has 2 aromatic carbocycles. The third kappa shape index (κ3) is 4.89. The van der Waals surface area contributed by atoms with Crippen LogP contribution in [0, 0.1) is 6.92 Å². The number of hydrogen-bond acceptors (Lipinski definition) is 5. The molecule has 2 aromatic rings. The lowest BCUT2D eigenvalue weighted by Crippen LogP contribution is -2.33. The van der Waals surface area contributed by atoms with Crippen molar-refractivity contribution in [3.63, 3.8) is 0 Å². The highest BCUT2D eigenvalue weighted by molar-refractivity contribution is 6.36. The molecule has 2 amide bonds. The highest BCUT2D eigenvalue weighted by Gasteiger charge is 2.38. The molecule has 0 fully saturated rings. The van der Waals surface area contributed by atoms with Gasteiger partial charge in [0.1, 0.15) is 11.4 Å². The van der Waals surface area contributed by atoms with Crippen LogP contribution < -0.4 is 10.1 Å². The summed E-state index contributed by atoms with van der Waals surface area (Å²) >= 11 is 0. The van der Waals surface area contributed by atoms with E-state index in [1.54, 1.807) is 7.11 Å². The molecular weight excluding hydrogens is 380 g/mol. The van der Waals surface area contributed by atoms with Gasteiger partial charge in [0.2, 0.25) is 0 Å². The number of benzene rings is 2. The number of rotatable bonds is 9. The van der Waals surface area contributed by atoms with Crippen molar-refractivity contribution >= 4 is 23.1 Å². The maximum atomic E-state index is 13.2. The lowest BCUT2D eigenvalue weighted by atomic mass is 10.0.